The van der Waals surface area contributed by atoms with Crippen molar-refractivity contribution in [1.29, 1.82) is 0 Å². The minimum Gasteiger partial charge on any atom is -0.379 e. The van der Waals surface area contributed by atoms with Crippen LogP contribution in [0.15, 0.2) is 0 Å². The van der Waals surface area contributed by atoms with E-state index in [0.717, 1.165) is 38.7 Å². The van der Waals surface area contributed by atoms with Gasteiger partial charge in [-0.15, -0.1) is 0 Å². The number of hydrogen-bond acceptors (Lipinski definition) is 3. The van der Waals surface area contributed by atoms with Crippen LogP contribution in [0.1, 0.15) is 38.5 Å². The highest BCUT2D eigenvalue weighted by Gasteiger charge is 2.39. The first kappa shape index (κ1) is 11.9. The van der Waals surface area contributed by atoms with Gasteiger partial charge in [0.05, 0.1) is 18.2 Å². The van der Waals surface area contributed by atoms with E-state index in [1.807, 2.05) is 11.9 Å². The number of nitrogens with two attached hydrogens (primary N) is 1. The van der Waals surface area contributed by atoms with Gasteiger partial charge in [0.15, 0.2) is 0 Å². The van der Waals surface area contributed by atoms with E-state index >= 15 is 0 Å². The molecule has 1 saturated heterocycles. The van der Waals surface area contributed by atoms with E-state index < -0.39 is 5.54 Å². The maximum Gasteiger partial charge on any atom is 0.242 e. The van der Waals surface area contributed by atoms with Gasteiger partial charge in [-0.2, -0.15) is 0 Å². The van der Waals surface area contributed by atoms with Crippen molar-refractivity contribution in [3.05, 3.63) is 0 Å². The second kappa shape index (κ2) is 4.72. The summed E-state index contributed by atoms with van der Waals surface area (Å²) in [7, 11) is 1.87. The molecule has 92 valence electrons. The van der Waals surface area contributed by atoms with E-state index in [9.17, 15) is 4.79 Å². The van der Waals surface area contributed by atoms with Crippen molar-refractivity contribution in [2.75, 3.05) is 20.3 Å². The lowest BCUT2D eigenvalue weighted by Crippen LogP contribution is -2.57. The van der Waals surface area contributed by atoms with E-state index in [1.165, 1.54) is 6.42 Å². The first-order valence-corrected chi connectivity index (χ1v) is 6.27. The summed E-state index contributed by atoms with van der Waals surface area (Å²) in [5.41, 5.74) is 5.64. The quantitative estimate of drug-likeness (QED) is 0.761. The second-order valence-corrected chi connectivity index (χ2v) is 5.15. The number of amides is 1. The van der Waals surface area contributed by atoms with Gasteiger partial charge < -0.3 is 15.4 Å². The molecule has 1 amide bonds. The lowest BCUT2D eigenvalue weighted by atomic mass is 9.81. The molecule has 0 aromatic heterocycles. The van der Waals surface area contributed by atoms with Crippen LogP contribution in [0.4, 0.5) is 0 Å². The number of hydrogen-bond donors (Lipinski definition) is 1. The average Bonchev–Trinajstić information content (AvgIpc) is 2.81. The summed E-state index contributed by atoms with van der Waals surface area (Å²) >= 11 is 0. The highest BCUT2D eigenvalue weighted by Crippen LogP contribution is 2.28. The van der Waals surface area contributed by atoms with Gasteiger partial charge in [0, 0.05) is 13.7 Å². The summed E-state index contributed by atoms with van der Waals surface area (Å²) in [5, 5.41) is 0. The Hall–Kier alpha value is -0.610. The SMILES string of the molecule is CN(C(=O)C1(N)CCCCC1)C1CCOC1. The van der Waals surface area contributed by atoms with Gasteiger partial charge in [0.25, 0.3) is 0 Å². The van der Waals surface area contributed by atoms with Crippen LogP contribution in [0.5, 0.6) is 0 Å². The number of carbonyl (C=O) groups excluding carboxylic acids is 1. The number of carbonyl (C=O) groups is 1. The molecule has 1 heterocycles. The topological polar surface area (TPSA) is 55.6 Å². The monoisotopic (exact) mass is 226 g/mol. The fourth-order valence-electron chi connectivity index (χ4n) is 2.74. The van der Waals surface area contributed by atoms with Crippen molar-refractivity contribution in [2.45, 2.75) is 50.1 Å². The summed E-state index contributed by atoms with van der Waals surface area (Å²) in [6.45, 7) is 1.43. The zero-order valence-corrected chi connectivity index (χ0v) is 10.1. The first-order valence-electron chi connectivity index (χ1n) is 6.27. The number of likely N-dealkylation sites (N-methyl/N-ethyl adjacent to an activating group) is 1. The van der Waals surface area contributed by atoms with Crippen molar-refractivity contribution in [3.8, 4) is 0 Å². The largest absolute Gasteiger partial charge is 0.379 e. The summed E-state index contributed by atoms with van der Waals surface area (Å²) < 4.78 is 5.31. The first-order chi connectivity index (χ1) is 7.63. The number of nitrogens with zero attached hydrogens (tertiary/aromatic N) is 1. The van der Waals surface area contributed by atoms with Crippen LogP contribution in [0.25, 0.3) is 0 Å². The van der Waals surface area contributed by atoms with Crippen molar-refractivity contribution in [3.63, 3.8) is 0 Å². The minimum atomic E-state index is -0.602. The fraction of sp³-hybridized carbons (Fsp3) is 0.917. The molecule has 4 heteroatoms. The molecule has 0 aromatic rings. The van der Waals surface area contributed by atoms with E-state index in [2.05, 4.69) is 0 Å². The van der Waals surface area contributed by atoms with Gasteiger partial charge in [-0.3, -0.25) is 4.79 Å². The third kappa shape index (κ3) is 2.23. The average molecular weight is 226 g/mol. The highest BCUT2D eigenvalue weighted by atomic mass is 16.5. The third-order valence-electron chi connectivity index (χ3n) is 3.95. The Bertz CT molecular complexity index is 256. The van der Waals surface area contributed by atoms with Crippen molar-refractivity contribution in [2.24, 2.45) is 5.73 Å². The molecule has 1 unspecified atom stereocenters. The summed E-state index contributed by atoms with van der Waals surface area (Å²) in [4.78, 5) is 14.2. The van der Waals surface area contributed by atoms with Crippen molar-refractivity contribution in [1.82, 2.24) is 4.90 Å². The summed E-state index contributed by atoms with van der Waals surface area (Å²) in [5.74, 6) is 0.114. The summed E-state index contributed by atoms with van der Waals surface area (Å²) in [6, 6.07) is 0.231. The molecule has 0 bridgehead atoms. The van der Waals surface area contributed by atoms with Crippen LogP contribution in [-0.4, -0.2) is 42.6 Å². The molecule has 1 saturated carbocycles. The van der Waals surface area contributed by atoms with Crippen LogP contribution in [0.2, 0.25) is 0 Å². The van der Waals surface area contributed by atoms with Crippen molar-refractivity contribution < 1.29 is 9.53 Å². The number of rotatable bonds is 2. The maximum atomic E-state index is 12.4. The smallest absolute Gasteiger partial charge is 0.242 e. The van der Waals surface area contributed by atoms with Crippen LogP contribution in [-0.2, 0) is 9.53 Å². The predicted molar refractivity (Wildman–Crippen MR) is 62.0 cm³/mol. The molecule has 0 spiro atoms. The van der Waals surface area contributed by atoms with E-state index in [0.29, 0.717) is 6.61 Å². The highest BCUT2D eigenvalue weighted by molar-refractivity contribution is 5.86. The molecule has 1 atom stereocenters. The Kier molecular flexibility index (Phi) is 3.50. The van der Waals surface area contributed by atoms with Gasteiger partial charge in [-0.25, -0.2) is 0 Å². The van der Waals surface area contributed by atoms with E-state index in [4.69, 9.17) is 10.5 Å². The minimum absolute atomic E-state index is 0.114. The van der Waals surface area contributed by atoms with Crippen LogP contribution in [0, 0.1) is 0 Å². The van der Waals surface area contributed by atoms with E-state index in [-0.39, 0.29) is 11.9 Å². The Balaban J connectivity index is 1.99. The standard InChI is InChI=1S/C12H22N2O2/c1-14(10-5-8-16-9-10)11(15)12(13)6-3-2-4-7-12/h10H,2-9,13H2,1H3. The lowest BCUT2D eigenvalue weighted by molar-refractivity contribution is -0.139. The van der Waals surface area contributed by atoms with Gasteiger partial charge in [0.1, 0.15) is 0 Å². The molecule has 2 rings (SSSR count). The van der Waals surface area contributed by atoms with Gasteiger partial charge in [-0.1, -0.05) is 19.3 Å². The third-order valence-corrected chi connectivity index (χ3v) is 3.95. The Morgan fingerprint density at radius 1 is 1.38 bits per heavy atom. The van der Waals surface area contributed by atoms with Crippen LogP contribution < -0.4 is 5.73 Å². The zero-order chi connectivity index (χ0) is 11.6. The molecule has 2 aliphatic rings. The molecule has 1 aliphatic carbocycles. The predicted octanol–water partition coefficient (Wildman–Crippen LogP) is 0.895. The van der Waals surface area contributed by atoms with E-state index in [1.54, 1.807) is 0 Å². The maximum absolute atomic E-state index is 12.4. The van der Waals surface area contributed by atoms with Gasteiger partial charge in [-0.05, 0) is 19.3 Å². The molecule has 2 N–H and O–H groups in total. The molecule has 0 radical (unpaired) electrons. The molecule has 0 aromatic carbocycles. The number of ether oxygens (including phenoxy) is 1. The Morgan fingerprint density at radius 2 is 2.06 bits per heavy atom. The van der Waals surface area contributed by atoms with Gasteiger partial charge in [0.2, 0.25) is 5.91 Å². The van der Waals surface area contributed by atoms with Gasteiger partial charge >= 0.3 is 0 Å². The lowest BCUT2D eigenvalue weighted by Gasteiger charge is -2.37. The zero-order valence-electron chi connectivity index (χ0n) is 10.1. The summed E-state index contributed by atoms with van der Waals surface area (Å²) in [6.07, 6.45) is 5.99. The van der Waals surface area contributed by atoms with Crippen LogP contribution in [0.3, 0.4) is 0 Å². The molecule has 1 aliphatic heterocycles. The molecule has 4 nitrogen and oxygen atoms in total. The molecular weight excluding hydrogens is 204 g/mol. The Morgan fingerprint density at radius 3 is 2.62 bits per heavy atom. The molecule has 16 heavy (non-hydrogen) atoms. The normalized spacial score (nSPS) is 29.0. The molecular formula is C12H22N2O2. The molecule has 2 fully saturated rings. The van der Waals surface area contributed by atoms with Crippen molar-refractivity contribution >= 4 is 5.91 Å². The Labute approximate surface area is 97.1 Å². The second-order valence-electron chi connectivity index (χ2n) is 5.15. The fourth-order valence-corrected chi connectivity index (χ4v) is 2.74. The van der Waals surface area contributed by atoms with Crippen LogP contribution >= 0.6 is 0 Å².